The summed E-state index contributed by atoms with van der Waals surface area (Å²) in [5, 5.41) is 5.44. The van der Waals surface area contributed by atoms with Gasteiger partial charge in [0.2, 0.25) is 0 Å². The van der Waals surface area contributed by atoms with Gasteiger partial charge in [-0.1, -0.05) is 78.9 Å². The maximum absolute atomic E-state index is 2.67. The number of benzene rings is 5. The maximum atomic E-state index is 2.67. The van der Waals surface area contributed by atoms with E-state index >= 15 is 0 Å². The second-order valence-corrected chi connectivity index (χ2v) is 9.69. The van der Waals surface area contributed by atoms with Crippen molar-refractivity contribution in [3.05, 3.63) is 91.0 Å². The Morgan fingerprint density at radius 3 is 1.91 bits per heavy atom. The molecule has 5 heterocycles. The largest absolute Gasteiger partial charge is 0.375 e. The summed E-state index contributed by atoms with van der Waals surface area (Å²) < 4.78 is 5.21. The Labute approximate surface area is 189 Å². The zero-order valence-corrected chi connectivity index (χ0v) is 17.6. The lowest BCUT2D eigenvalue weighted by Gasteiger charge is -2.37. The van der Waals surface area contributed by atoms with Crippen LogP contribution in [0.2, 0.25) is 0 Å². The highest BCUT2D eigenvalue weighted by Crippen LogP contribution is 2.47. The highest BCUT2D eigenvalue weighted by Gasteiger charge is 2.44. The molecule has 33 heavy (non-hydrogen) atoms. The van der Waals surface area contributed by atoms with Crippen LogP contribution in [0, 0.1) is 0 Å². The molecule has 0 saturated carbocycles. The van der Waals surface area contributed by atoms with Gasteiger partial charge in [-0.15, -0.1) is 0 Å². The average molecular weight is 414 g/mol. The minimum atomic E-state index is 0.219. The third-order valence-electron chi connectivity index (χ3n) is 8.43. The van der Waals surface area contributed by atoms with E-state index in [1.807, 2.05) is 0 Å². The molecule has 7 aromatic rings. The van der Waals surface area contributed by atoms with Crippen molar-refractivity contribution in [1.29, 1.82) is 0 Å². The first-order valence-corrected chi connectivity index (χ1v) is 11.7. The highest BCUT2D eigenvalue weighted by molar-refractivity contribution is 6.91. The molecular weight excluding hydrogens is 399 g/mol. The van der Waals surface area contributed by atoms with Gasteiger partial charge >= 0.3 is 6.85 Å². The van der Waals surface area contributed by atoms with Crippen molar-refractivity contribution in [2.75, 3.05) is 0 Å². The molecule has 3 aliphatic heterocycles. The van der Waals surface area contributed by atoms with Crippen molar-refractivity contribution >= 4 is 61.4 Å². The highest BCUT2D eigenvalue weighted by atomic mass is 15.0. The summed E-state index contributed by atoms with van der Waals surface area (Å²) >= 11 is 0. The fourth-order valence-electron chi connectivity index (χ4n) is 7.36. The summed E-state index contributed by atoms with van der Waals surface area (Å²) in [5.74, 6) is 0. The van der Waals surface area contributed by atoms with Crippen molar-refractivity contribution < 1.29 is 0 Å². The Morgan fingerprint density at radius 1 is 0.455 bits per heavy atom. The van der Waals surface area contributed by atoms with E-state index in [4.69, 9.17) is 0 Å². The molecule has 3 heteroatoms. The molecule has 0 fully saturated rings. The molecule has 0 N–H and O–H groups in total. The van der Waals surface area contributed by atoms with Crippen LogP contribution in [0.25, 0.3) is 71.6 Å². The lowest BCUT2D eigenvalue weighted by Crippen LogP contribution is -2.57. The summed E-state index contributed by atoms with van der Waals surface area (Å²) in [5.41, 5.74) is 15.2. The first-order chi connectivity index (χ1) is 16.4. The van der Waals surface area contributed by atoms with Crippen LogP contribution < -0.4 is 10.9 Å². The van der Waals surface area contributed by atoms with E-state index < -0.39 is 0 Å². The van der Waals surface area contributed by atoms with Gasteiger partial charge in [-0.2, -0.15) is 0 Å². The van der Waals surface area contributed by atoms with Crippen LogP contribution in [0.3, 0.4) is 0 Å². The molecule has 2 nitrogen and oxygen atoms in total. The molecule has 148 valence electrons. The van der Waals surface area contributed by atoms with E-state index in [1.54, 1.807) is 0 Å². The zero-order chi connectivity index (χ0) is 21.0. The van der Waals surface area contributed by atoms with E-state index in [9.17, 15) is 0 Å². The number of aromatic nitrogens is 2. The molecule has 0 radical (unpaired) electrons. The molecule has 10 rings (SSSR count). The van der Waals surface area contributed by atoms with Crippen molar-refractivity contribution in [1.82, 2.24) is 9.05 Å². The van der Waals surface area contributed by atoms with Crippen molar-refractivity contribution in [3.8, 4) is 27.9 Å². The summed E-state index contributed by atoms with van der Waals surface area (Å²) in [6, 6.07) is 34.3. The predicted molar refractivity (Wildman–Crippen MR) is 139 cm³/mol. The normalized spacial score (nSPS) is 14.0. The number of hydrogen-bond acceptors (Lipinski definition) is 0. The van der Waals surface area contributed by atoms with Crippen LogP contribution in [0.4, 0.5) is 0 Å². The van der Waals surface area contributed by atoms with Gasteiger partial charge in [-0.3, -0.25) is 0 Å². The van der Waals surface area contributed by atoms with E-state index in [1.165, 1.54) is 82.5 Å². The van der Waals surface area contributed by atoms with Crippen LogP contribution in [0.5, 0.6) is 0 Å². The molecular formula is C30H15BN2. The molecule has 5 aromatic carbocycles. The Morgan fingerprint density at radius 2 is 1.09 bits per heavy atom. The Kier molecular flexibility index (Phi) is 2.23. The van der Waals surface area contributed by atoms with Crippen LogP contribution in [0.15, 0.2) is 91.0 Å². The van der Waals surface area contributed by atoms with Gasteiger partial charge in [0.25, 0.3) is 0 Å². The summed E-state index contributed by atoms with van der Waals surface area (Å²) in [6.45, 7) is 0.219. The van der Waals surface area contributed by atoms with Gasteiger partial charge in [0.15, 0.2) is 0 Å². The Bertz CT molecular complexity index is 2090. The number of rotatable bonds is 0. The third kappa shape index (κ3) is 1.42. The van der Waals surface area contributed by atoms with Crippen molar-refractivity contribution in [3.63, 3.8) is 0 Å². The summed E-state index contributed by atoms with van der Waals surface area (Å²) in [4.78, 5) is 0. The van der Waals surface area contributed by atoms with Crippen LogP contribution >= 0.6 is 0 Å². The minimum absolute atomic E-state index is 0.219. The Balaban J connectivity index is 1.62. The van der Waals surface area contributed by atoms with Gasteiger partial charge < -0.3 is 9.05 Å². The van der Waals surface area contributed by atoms with Crippen LogP contribution in [0.1, 0.15) is 0 Å². The van der Waals surface area contributed by atoms with Gasteiger partial charge in [0.1, 0.15) is 0 Å². The number of para-hydroxylation sites is 3. The summed E-state index contributed by atoms with van der Waals surface area (Å²) in [6.07, 6.45) is 0. The Hall–Kier alpha value is -4.24. The van der Waals surface area contributed by atoms with E-state index in [-0.39, 0.29) is 6.85 Å². The summed E-state index contributed by atoms with van der Waals surface area (Å²) in [7, 11) is 0. The smallest absolute Gasteiger partial charge is 0.333 e. The second kappa shape index (κ2) is 4.74. The number of nitrogens with zero attached hydrogens (tertiary/aromatic N) is 2. The first kappa shape index (κ1) is 15.5. The molecule has 0 saturated heterocycles. The molecule has 2 aromatic heterocycles. The standard InChI is InChI=1S/C30H15BN2/c1-2-12-24-16(6-1)23-15-14-18-20-9-4-11-22-21-10-3-8-19-17-7-5-13-25-26(17)31(27(18)30(23)32(24)25)33(28(19)21)29(20)22/h1-15H. The average Bonchev–Trinajstić information content (AvgIpc) is 3.39. The monoisotopic (exact) mass is 414 g/mol. The lowest BCUT2D eigenvalue weighted by molar-refractivity contribution is 1.17. The molecule has 0 aliphatic carbocycles. The fraction of sp³-hybridized carbons (Fsp3) is 0. The zero-order valence-electron chi connectivity index (χ0n) is 17.6. The molecule has 0 bridgehead atoms. The van der Waals surface area contributed by atoms with E-state index in [0.717, 1.165) is 0 Å². The molecule has 0 amide bonds. The first-order valence-electron chi connectivity index (χ1n) is 11.7. The second-order valence-electron chi connectivity index (χ2n) is 9.69. The lowest BCUT2D eigenvalue weighted by atomic mass is 9.43. The van der Waals surface area contributed by atoms with Crippen LogP contribution in [-0.4, -0.2) is 15.9 Å². The van der Waals surface area contributed by atoms with Gasteiger partial charge in [-0.25, -0.2) is 0 Å². The van der Waals surface area contributed by atoms with Crippen LogP contribution in [-0.2, 0) is 0 Å². The van der Waals surface area contributed by atoms with E-state index in [0.29, 0.717) is 0 Å². The SMILES string of the molecule is c1cc2c3c(c1)-n1c4ccccc4c4ccc5c(c41)B3n1c3c-2cccc3c2cccc-5c21. The van der Waals surface area contributed by atoms with E-state index in [2.05, 4.69) is 100 Å². The van der Waals surface area contributed by atoms with Crippen molar-refractivity contribution in [2.24, 2.45) is 0 Å². The topological polar surface area (TPSA) is 9.86 Å². The number of hydrogen-bond donors (Lipinski definition) is 0. The molecule has 0 unspecified atom stereocenters. The van der Waals surface area contributed by atoms with Gasteiger partial charge in [0.05, 0.1) is 11.0 Å². The molecule has 0 spiro atoms. The number of fused-ring (bicyclic) bond motifs is 7. The van der Waals surface area contributed by atoms with Gasteiger partial charge in [0, 0.05) is 49.4 Å². The third-order valence-corrected chi connectivity index (χ3v) is 8.43. The molecule has 0 atom stereocenters. The fourth-order valence-corrected chi connectivity index (χ4v) is 7.36. The van der Waals surface area contributed by atoms with Gasteiger partial charge in [-0.05, 0) is 34.2 Å². The van der Waals surface area contributed by atoms with Crippen molar-refractivity contribution in [2.45, 2.75) is 0 Å². The predicted octanol–water partition coefficient (Wildman–Crippen LogP) is 5.82. The quantitative estimate of drug-likeness (QED) is 0.277. The maximum Gasteiger partial charge on any atom is 0.333 e. The molecule has 3 aliphatic rings. The minimum Gasteiger partial charge on any atom is -0.375 e.